The van der Waals surface area contributed by atoms with Gasteiger partial charge in [0.25, 0.3) is 0 Å². The third kappa shape index (κ3) is 6.41. The average Bonchev–Trinajstić information content (AvgIpc) is 2.34. The lowest BCUT2D eigenvalue weighted by atomic mass is 10.2. The van der Waals surface area contributed by atoms with Gasteiger partial charge >= 0.3 is 0 Å². The number of aryl methyl sites for hydroxylation is 1. The van der Waals surface area contributed by atoms with Gasteiger partial charge < -0.3 is 5.32 Å². The van der Waals surface area contributed by atoms with Crippen LogP contribution in [0.5, 0.6) is 0 Å². The Balaban J connectivity index is 2.30. The van der Waals surface area contributed by atoms with E-state index in [-0.39, 0.29) is 5.75 Å². The van der Waals surface area contributed by atoms with Gasteiger partial charge in [0.2, 0.25) is 10.0 Å². The van der Waals surface area contributed by atoms with E-state index >= 15 is 0 Å². The van der Waals surface area contributed by atoms with E-state index in [1.54, 1.807) is 0 Å². The van der Waals surface area contributed by atoms with Crippen molar-refractivity contribution in [1.29, 1.82) is 0 Å². The molecule has 2 N–H and O–H groups in total. The highest BCUT2D eigenvalue weighted by molar-refractivity contribution is 7.89. The van der Waals surface area contributed by atoms with E-state index in [0.29, 0.717) is 13.0 Å². The number of hydrogen-bond donors (Lipinski definition) is 2. The molecule has 0 unspecified atom stereocenters. The SMILES string of the molecule is CNCCCNS(=O)(=O)CCc1ccccc1. The van der Waals surface area contributed by atoms with Crippen molar-refractivity contribution < 1.29 is 8.42 Å². The van der Waals surface area contributed by atoms with Crippen LogP contribution in [0.4, 0.5) is 0 Å². The molecule has 0 amide bonds. The highest BCUT2D eigenvalue weighted by Crippen LogP contribution is 2.01. The summed E-state index contributed by atoms with van der Waals surface area (Å²) in [5.74, 6) is 0.149. The summed E-state index contributed by atoms with van der Waals surface area (Å²) in [5, 5.41) is 2.98. The molecule has 1 aromatic rings. The van der Waals surface area contributed by atoms with Gasteiger partial charge in [0.05, 0.1) is 5.75 Å². The molecule has 0 aliphatic heterocycles. The minimum Gasteiger partial charge on any atom is -0.320 e. The fraction of sp³-hybridized carbons (Fsp3) is 0.500. The number of rotatable bonds is 8. The quantitative estimate of drug-likeness (QED) is 0.675. The van der Waals surface area contributed by atoms with Gasteiger partial charge in [-0.05, 0) is 32.0 Å². The molecule has 17 heavy (non-hydrogen) atoms. The molecule has 0 atom stereocenters. The Hall–Kier alpha value is -0.910. The summed E-state index contributed by atoms with van der Waals surface area (Å²) in [4.78, 5) is 0. The van der Waals surface area contributed by atoms with Crippen molar-refractivity contribution in [1.82, 2.24) is 10.0 Å². The third-order valence-electron chi connectivity index (χ3n) is 2.43. The molecule has 5 heteroatoms. The van der Waals surface area contributed by atoms with Crippen molar-refractivity contribution in [2.45, 2.75) is 12.8 Å². The van der Waals surface area contributed by atoms with E-state index in [1.165, 1.54) is 0 Å². The van der Waals surface area contributed by atoms with Gasteiger partial charge in [-0.3, -0.25) is 0 Å². The summed E-state index contributed by atoms with van der Waals surface area (Å²) >= 11 is 0. The Labute approximate surface area is 103 Å². The van der Waals surface area contributed by atoms with Gasteiger partial charge in [-0.15, -0.1) is 0 Å². The molecule has 0 heterocycles. The van der Waals surface area contributed by atoms with Gasteiger partial charge in [0, 0.05) is 6.54 Å². The molecule has 4 nitrogen and oxygen atoms in total. The molecule has 0 aliphatic rings. The molecule has 0 saturated carbocycles. The molecular formula is C12H20N2O2S. The van der Waals surface area contributed by atoms with Crippen LogP contribution in [0.25, 0.3) is 0 Å². The zero-order chi connectivity index (χ0) is 12.6. The molecule has 96 valence electrons. The molecular weight excluding hydrogens is 236 g/mol. The van der Waals surface area contributed by atoms with Gasteiger partial charge in [0.15, 0.2) is 0 Å². The topological polar surface area (TPSA) is 58.2 Å². The molecule has 0 fully saturated rings. The molecule has 0 aliphatic carbocycles. The molecule has 0 spiro atoms. The second-order valence-electron chi connectivity index (χ2n) is 3.91. The van der Waals surface area contributed by atoms with Crippen molar-refractivity contribution in [3.63, 3.8) is 0 Å². The van der Waals surface area contributed by atoms with E-state index in [1.807, 2.05) is 37.4 Å². The van der Waals surface area contributed by atoms with Crippen LogP contribution in [0.2, 0.25) is 0 Å². The van der Waals surface area contributed by atoms with Gasteiger partial charge in [-0.1, -0.05) is 30.3 Å². The first-order valence-corrected chi connectivity index (χ1v) is 7.45. The minimum atomic E-state index is -3.14. The van der Waals surface area contributed by atoms with Crippen LogP contribution in [0, 0.1) is 0 Å². The number of sulfonamides is 1. The van der Waals surface area contributed by atoms with Crippen LogP contribution in [-0.2, 0) is 16.4 Å². The Morgan fingerprint density at radius 2 is 1.82 bits per heavy atom. The lowest BCUT2D eigenvalue weighted by Gasteiger charge is -2.06. The van der Waals surface area contributed by atoms with Crippen LogP contribution in [0.15, 0.2) is 30.3 Å². The zero-order valence-electron chi connectivity index (χ0n) is 10.1. The maximum Gasteiger partial charge on any atom is 0.211 e. The molecule has 1 aromatic carbocycles. The molecule has 1 rings (SSSR count). The third-order valence-corrected chi connectivity index (χ3v) is 3.81. The van der Waals surface area contributed by atoms with Gasteiger partial charge in [0.1, 0.15) is 0 Å². The maximum absolute atomic E-state index is 11.6. The standard InChI is InChI=1S/C12H20N2O2S/c1-13-9-5-10-14-17(15,16)11-8-12-6-3-2-4-7-12/h2-4,6-7,13-14H,5,8-11H2,1H3. The van der Waals surface area contributed by atoms with Crippen LogP contribution in [0.1, 0.15) is 12.0 Å². The smallest absolute Gasteiger partial charge is 0.211 e. The fourth-order valence-electron chi connectivity index (χ4n) is 1.46. The van der Waals surface area contributed by atoms with E-state index in [0.717, 1.165) is 18.5 Å². The zero-order valence-corrected chi connectivity index (χ0v) is 11.0. The Morgan fingerprint density at radius 3 is 2.47 bits per heavy atom. The van der Waals surface area contributed by atoms with Gasteiger partial charge in [-0.25, -0.2) is 13.1 Å². The first-order chi connectivity index (χ1) is 8.14. The Morgan fingerprint density at radius 1 is 1.12 bits per heavy atom. The fourth-order valence-corrected chi connectivity index (χ4v) is 2.57. The number of benzene rings is 1. The summed E-state index contributed by atoms with van der Waals surface area (Å²) < 4.78 is 25.9. The largest absolute Gasteiger partial charge is 0.320 e. The molecule has 0 saturated heterocycles. The second kappa shape index (κ2) is 7.42. The first kappa shape index (κ1) is 14.2. The van der Waals surface area contributed by atoms with Crippen LogP contribution in [0.3, 0.4) is 0 Å². The summed E-state index contributed by atoms with van der Waals surface area (Å²) in [6.45, 7) is 1.32. The lowest BCUT2D eigenvalue weighted by molar-refractivity contribution is 0.576. The van der Waals surface area contributed by atoms with Crippen LogP contribution >= 0.6 is 0 Å². The van der Waals surface area contributed by atoms with Crippen molar-refractivity contribution >= 4 is 10.0 Å². The number of nitrogens with one attached hydrogen (secondary N) is 2. The van der Waals surface area contributed by atoms with Crippen molar-refractivity contribution in [3.05, 3.63) is 35.9 Å². The summed E-state index contributed by atoms with van der Waals surface area (Å²) in [6.07, 6.45) is 1.36. The molecule has 0 bridgehead atoms. The lowest BCUT2D eigenvalue weighted by Crippen LogP contribution is -2.29. The highest BCUT2D eigenvalue weighted by atomic mass is 32.2. The van der Waals surface area contributed by atoms with E-state index < -0.39 is 10.0 Å². The Kier molecular flexibility index (Phi) is 6.18. The van der Waals surface area contributed by atoms with E-state index in [2.05, 4.69) is 10.0 Å². The van der Waals surface area contributed by atoms with Crippen LogP contribution in [-0.4, -0.2) is 34.3 Å². The summed E-state index contributed by atoms with van der Waals surface area (Å²) in [6, 6.07) is 9.64. The summed E-state index contributed by atoms with van der Waals surface area (Å²) in [5.41, 5.74) is 1.05. The highest BCUT2D eigenvalue weighted by Gasteiger charge is 2.08. The van der Waals surface area contributed by atoms with Crippen LogP contribution < -0.4 is 10.0 Å². The predicted molar refractivity (Wildman–Crippen MR) is 70.5 cm³/mol. The average molecular weight is 256 g/mol. The monoisotopic (exact) mass is 256 g/mol. The maximum atomic E-state index is 11.6. The number of hydrogen-bond acceptors (Lipinski definition) is 3. The van der Waals surface area contributed by atoms with Crippen molar-refractivity contribution in [2.24, 2.45) is 0 Å². The second-order valence-corrected chi connectivity index (χ2v) is 5.83. The summed E-state index contributed by atoms with van der Waals surface area (Å²) in [7, 11) is -1.29. The van der Waals surface area contributed by atoms with E-state index in [4.69, 9.17) is 0 Å². The first-order valence-electron chi connectivity index (χ1n) is 5.80. The predicted octanol–water partition coefficient (Wildman–Crippen LogP) is 0.758. The van der Waals surface area contributed by atoms with E-state index in [9.17, 15) is 8.42 Å². The molecule has 0 radical (unpaired) electrons. The van der Waals surface area contributed by atoms with Crippen molar-refractivity contribution in [3.8, 4) is 0 Å². The van der Waals surface area contributed by atoms with Crippen molar-refractivity contribution in [2.75, 3.05) is 25.9 Å². The normalized spacial score (nSPS) is 11.6. The Bertz CT molecular complexity index is 404. The van der Waals surface area contributed by atoms with Gasteiger partial charge in [-0.2, -0.15) is 0 Å². The molecule has 0 aromatic heterocycles. The minimum absolute atomic E-state index is 0.149.